The number of anilines is 1. The number of imide groups is 1. The van der Waals surface area contributed by atoms with Crippen molar-refractivity contribution in [3.63, 3.8) is 0 Å². The van der Waals surface area contributed by atoms with E-state index in [0.717, 1.165) is 24.2 Å². The summed E-state index contributed by atoms with van der Waals surface area (Å²) in [4.78, 5) is 48.2. The minimum absolute atomic E-state index is 0.113. The Morgan fingerprint density at radius 3 is 2.71 bits per heavy atom. The van der Waals surface area contributed by atoms with Crippen molar-refractivity contribution in [3.8, 4) is 6.07 Å². The van der Waals surface area contributed by atoms with Gasteiger partial charge < -0.3 is 4.74 Å². The summed E-state index contributed by atoms with van der Waals surface area (Å²) in [6.07, 6.45) is 4.05. The van der Waals surface area contributed by atoms with Gasteiger partial charge in [-0.15, -0.1) is 0 Å². The summed E-state index contributed by atoms with van der Waals surface area (Å²) in [6.45, 7) is 8.68. The van der Waals surface area contributed by atoms with Crippen molar-refractivity contribution >= 4 is 23.7 Å². The zero-order valence-electron chi connectivity index (χ0n) is 20.1. The van der Waals surface area contributed by atoms with Crippen molar-refractivity contribution in [1.29, 1.82) is 5.26 Å². The summed E-state index contributed by atoms with van der Waals surface area (Å²) in [5.41, 5.74) is 1.21. The van der Waals surface area contributed by atoms with Gasteiger partial charge in [0.1, 0.15) is 30.1 Å². The van der Waals surface area contributed by atoms with Gasteiger partial charge >= 0.3 is 12.1 Å². The van der Waals surface area contributed by atoms with E-state index in [2.05, 4.69) is 25.8 Å². The van der Waals surface area contributed by atoms with Crippen molar-refractivity contribution in [2.24, 2.45) is 23.7 Å². The number of nitriles is 1. The van der Waals surface area contributed by atoms with Gasteiger partial charge in [-0.3, -0.25) is 14.6 Å². The molecule has 3 aliphatic heterocycles. The highest BCUT2D eigenvalue weighted by Gasteiger charge is 2.63. The van der Waals surface area contributed by atoms with Crippen molar-refractivity contribution in [2.45, 2.75) is 71.7 Å². The number of fused-ring (bicyclic) bond motifs is 5. The van der Waals surface area contributed by atoms with Gasteiger partial charge in [-0.25, -0.2) is 19.5 Å². The van der Waals surface area contributed by atoms with Crippen LogP contribution in [-0.2, 0) is 9.53 Å². The number of aryl methyl sites for hydroxylation is 1. The molecule has 0 spiro atoms. The first kappa shape index (κ1) is 22.6. The van der Waals surface area contributed by atoms with Crippen molar-refractivity contribution in [3.05, 3.63) is 23.5 Å². The number of hydrogen-bond donors (Lipinski definition) is 0. The van der Waals surface area contributed by atoms with Gasteiger partial charge in [0, 0.05) is 12.5 Å². The highest BCUT2D eigenvalue weighted by atomic mass is 16.6. The Balaban J connectivity index is 1.34. The molecule has 5 rings (SSSR count). The fourth-order valence-corrected chi connectivity index (χ4v) is 6.34. The lowest BCUT2D eigenvalue weighted by molar-refractivity contribution is -0.121. The van der Waals surface area contributed by atoms with Crippen molar-refractivity contribution in [1.82, 2.24) is 14.8 Å². The van der Waals surface area contributed by atoms with E-state index in [-0.39, 0.29) is 29.7 Å². The maximum Gasteiger partial charge on any atom is 0.411 e. The minimum Gasteiger partial charge on any atom is -0.446 e. The van der Waals surface area contributed by atoms with Gasteiger partial charge in [0.2, 0.25) is 0 Å². The molecule has 0 unspecified atom stereocenters. The van der Waals surface area contributed by atoms with Crippen LogP contribution < -0.4 is 4.90 Å². The highest BCUT2D eigenvalue weighted by molar-refractivity contribution is 6.22. The largest absolute Gasteiger partial charge is 0.446 e. The second-order valence-corrected chi connectivity index (χ2v) is 10.7. The van der Waals surface area contributed by atoms with Crippen molar-refractivity contribution in [2.75, 3.05) is 11.4 Å². The minimum atomic E-state index is -0.574. The van der Waals surface area contributed by atoms with Crippen LogP contribution in [0.2, 0.25) is 0 Å². The van der Waals surface area contributed by atoms with Gasteiger partial charge in [0.05, 0.1) is 11.9 Å². The predicted molar refractivity (Wildman–Crippen MR) is 122 cm³/mol. The second-order valence-electron chi connectivity index (χ2n) is 10.7. The molecule has 4 amide bonds. The van der Waals surface area contributed by atoms with Crippen LogP contribution in [-0.4, -0.2) is 57.7 Å². The van der Waals surface area contributed by atoms with Gasteiger partial charge in [-0.1, -0.05) is 27.2 Å². The molecular weight excluding hydrogens is 434 g/mol. The summed E-state index contributed by atoms with van der Waals surface area (Å²) in [5.74, 6) is 0.879. The van der Waals surface area contributed by atoms with Gasteiger partial charge in [-0.2, -0.15) is 5.26 Å². The zero-order chi connectivity index (χ0) is 24.3. The van der Waals surface area contributed by atoms with Crippen LogP contribution in [0.5, 0.6) is 0 Å². The standard InChI is InChI=1S/C25H31N5O4/c1-13(2)18-6-5-14(3)7-20(18)34-25(33)28-12-16-9-21(28)30-22(16)23(31)29(24(30)32)17-8-15(4)19(10-26)27-11-17/h8,11,13-14,16,18,20-22H,5-7,9,12H2,1-4H3/t14-,16-,18+,20-,21-,22+/m1/s1. The maximum atomic E-state index is 13.4. The number of urea groups is 1. The van der Waals surface area contributed by atoms with E-state index in [9.17, 15) is 14.4 Å². The van der Waals surface area contributed by atoms with Crippen LogP contribution in [0, 0.1) is 41.9 Å². The Kier molecular flexibility index (Phi) is 5.50. The number of likely N-dealkylation sites (tertiary alicyclic amines) is 1. The first-order chi connectivity index (χ1) is 16.2. The molecule has 9 nitrogen and oxygen atoms in total. The number of nitrogens with zero attached hydrogens (tertiary/aromatic N) is 5. The molecule has 9 heteroatoms. The molecule has 34 heavy (non-hydrogen) atoms. The molecule has 0 N–H and O–H groups in total. The summed E-state index contributed by atoms with van der Waals surface area (Å²) in [6, 6.07) is 2.61. The lowest BCUT2D eigenvalue weighted by atomic mass is 9.75. The predicted octanol–water partition coefficient (Wildman–Crippen LogP) is 3.66. The third-order valence-corrected chi connectivity index (χ3v) is 8.13. The third kappa shape index (κ3) is 3.42. The molecule has 0 radical (unpaired) electrons. The summed E-state index contributed by atoms with van der Waals surface area (Å²) in [7, 11) is 0. The second kappa shape index (κ2) is 8.26. The Hall–Kier alpha value is -3.15. The van der Waals surface area contributed by atoms with Crippen molar-refractivity contribution < 1.29 is 19.1 Å². The average Bonchev–Trinajstić information content (AvgIpc) is 3.45. The molecule has 1 aromatic rings. The first-order valence-corrected chi connectivity index (χ1v) is 12.2. The molecule has 1 saturated carbocycles. The lowest BCUT2D eigenvalue weighted by Crippen LogP contribution is -2.55. The molecule has 4 aliphatic rings. The van der Waals surface area contributed by atoms with Crippen LogP contribution in [0.4, 0.5) is 15.3 Å². The van der Waals surface area contributed by atoms with Gasteiger partial charge in [0.15, 0.2) is 0 Å². The Bertz CT molecular complexity index is 1080. The molecule has 180 valence electrons. The number of carbonyl (C=O) groups excluding carboxylic acids is 3. The number of pyridine rings is 1. The summed E-state index contributed by atoms with van der Waals surface area (Å²) in [5, 5.41) is 9.13. The maximum absolute atomic E-state index is 13.4. The molecule has 4 heterocycles. The topological polar surface area (TPSA) is 107 Å². The monoisotopic (exact) mass is 465 g/mol. The van der Waals surface area contributed by atoms with Crippen LogP contribution in [0.25, 0.3) is 0 Å². The van der Waals surface area contributed by atoms with Crippen LogP contribution in [0.1, 0.15) is 57.7 Å². The fraction of sp³-hybridized carbons (Fsp3) is 0.640. The lowest BCUT2D eigenvalue weighted by Gasteiger charge is -2.40. The number of rotatable bonds is 3. The van der Waals surface area contributed by atoms with E-state index < -0.39 is 18.2 Å². The Labute approximate surface area is 199 Å². The molecule has 3 saturated heterocycles. The quantitative estimate of drug-likeness (QED) is 0.631. The average molecular weight is 466 g/mol. The molecule has 6 atom stereocenters. The fourth-order valence-electron chi connectivity index (χ4n) is 6.34. The Morgan fingerprint density at radius 1 is 1.26 bits per heavy atom. The van der Waals surface area contributed by atoms with Gasteiger partial charge in [0.25, 0.3) is 5.91 Å². The smallest absolute Gasteiger partial charge is 0.411 e. The first-order valence-electron chi connectivity index (χ1n) is 12.2. The number of carbonyl (C=O) groups is 3. The normalized spacial score (nSPS) is 32.4. The van der Waals surface area contributed by atoms with Gasteiger partial charge in [-0.05, 0) is 55.6 Å². The number of amides is 4. The van der Waals surface area contributed by atoms with Crippen LogP contribution >= 0.6 is 0 Å². The Morgan fingerprint density at radius 2 is 2.03 bits per heavy atom. The SMILES string of the molecule is Cc1cc(N2C(=O)[C@@H]3[C@@H]4C[C@H](N(C(=O)O[C@@H]5C[C@H](C)CC[C@H]5C(C)C)C4)N3C2=O)cnc1C#N. The molecule has 0 aromatic carbocycles. The van der Waals surface area contributed by atoms with E-state index in [1.807, 2.05) is 6.07 Å². The number of hydrogen-bond acceptors (Lipinski definition) is 6. The summed E-state index contributed by atoms with van der Waals surface area (Å²) < 4.78 is 6.05. The highest BCUT2D eigenvalue weighted by Crippen LogP contribution is 2.45. The number of aromatic nitrogens is 1. The van der Waals surface area contributed by atoms with E-state index >= 15 is 0 Å². The summed E-state index contributed by atoms with van der Waals surface area (Å²) >= 11 is 0. The van der Waals surface area contributed by atoms with Crippen LogP contribution in [0.3, 0.4) is 0 Å². The molecule has 1 aliphatic carbocycles. The zero-order valence-corrected chi connectivity index (χ0v) is 20.1. The van der Waals surface area contributed by atoms with E-state index in [4.69, 9.17) is 10.00 Å². The molecular formula is C25H31N5O4. The molecule has 2 bridgehead atoms. The van der Waals surface area contributed by atoms with E-state index in [1.165, 1.54) is 11.1 Å². The van der Waals surface area contributed by atoms with E-state index in [0.29, 0.717) is 42.0 Å². The molecule has 1 aromatic heterocycles. The van der Waals surface area contributed by atoms with Crippen LogP contribution in [0.15, 0.2) is 12.3 Å². The molecule has 4 fully saturated rings. The number of ether oxygens (including phenoxy) is 1. The third-order valence-electron chi connectivity index (χ3n) is 8.13. The van der Waals surface area contributed by atoms with E-state index in [1.54, 1.807) is 17.9 Å².